The highest BCUT2D eigenvalue weighted by atomic mass is 16.6. The molecule has 0 heterocycles. The van der Waals surface area contributed by atoms with Crippen LogP contribution in [0.5, 0.6) is 0 Å². The maximum absolute atomic E-state index is 11.0. The van der Waals surface area contributed by atoms with Gasteiger partial charge in [0.05, 0.1) is 32.0 Å². The van der Waals surface area contributed by atoms with E-state index in [-0.39, 0.29) is 30.9 Å². The molecule has 5 heteroatoms. The first kappa shape index (κ1) is 16.4. The highest BCUT2D eigenvalue weighted by molar-refractivity contribution is 5.69. The van der Waals surface area contributed by atoms with Gasteiger partial charge in [-0.3, -0.25) is 4.79 Å². The molecule has 0 amide bonds. The molecule has 1 N–H and O–H groups in total. The summed E-state index contributed by atoms with van der Waals surface area (Å²) in [4.78, 5) is 11.0. The molecule has 0 rings (SSSR count). The summed E-state index contributed by atoms with van der Waals surface area (Å²) in [6.07, 6.45) is -0.153. The molecule has 0 aliphatic carbocycles. The van der Waals surface area contributed by atoms with Gasteiger partial charge < -0.3 is 19.3 Å². The van der Waals surface area contributed by atoms with Crippen LogP contribution in [0.1, 0.15) is 34.1 Å². The Hall–Kier alpha value is -0.650. The molecule has 0 aliphatic rings. The molecular weight excluding hydrogens is 224 g/mol. The van der Waals surface area contributed by atoms with Crippen molar-refractivity contribution in [3.63, 3.8) is 0 Å². The second-order valence-corrected chi connectivity index (χ2v) is 4.12. The second-order valence-electron chi connectivity index (χ2n) is 4.12. The van der Waals surface area contributed by atoms with Gasteiger partial charge in [0, 0.05) is 6.42 Å². The largest absolute Gasteiger partial charge is 0.460 e. The maximum atomic E-state index is 11.0. The number of hydrogen-bond acceptors (Lipinski definition) is 5. The summed E-state index contributed by atoms with van der Waals surface area (Å²) in [5.41, 5.74) is 0. The van der Waals surface area contributed by atoms with Gasteiger partial charge in [0.2, 0.25) is 0 Å². The minimum Gasteiger partial charge on any atom is -0.460 e. The number of hydrogen-bond donors (Lipinski definition) is 1. The minimum absolute atomic E-state index is 0.00274. The number of aliphatic hydroxyl groups is 1. The monoisotopic (exact) mass is 248 g/mol. The van der Waals surface area contributed by atoms with Gasteiger partial charge in [-0.05, 0) is 20.8 Å². The summed E-state index contributed by atoms with van der Waals surface area (Å²) < 4.78 is 15.8. The Kier molecular flexibility index (Phi) is 9.03. The average molecular weight is 248 g/mol. The quantitative estimate of drug-likeness (QED) is 0.620. The van der Waals surface area contributed by atoms with Gasteiger partial charge in [-0.1, -0.05) is 6.92 Å². The van der Waals surface area contributed by atoms with E-state index in [0.29, 0.717) is 19.6 Å². The summed E-state index contributed by atoms with van der Waals surface area (Å²) in [7, 11) is 0. The van der Waals surface area contributed by atoms with E-state index in [4.69, 9.17) is 19.3 Å². The molecule has 0 aromatic rings. The van der Waals surface area contributed by atoms with Crippen molar-refractivity contribution in [1.82, 2.24) is 0 Å². The molecule has 3 atom stereocenters. The first-order valence-electron chi connectivity index (χ1n) is 6.03. The molecule has 0 aromatic carbocycles. The van der Waals surface area contributed by atoms with Gasteiger partial charge in [-0.2, -0.15) is 0 Å². The third-order valence-corrected chi connectivity index (χ3v) is 2.11. The molecule has 0 saturated heterocycles. The zero-order chi connectivity index (χ0) is 13.3. The smallest absolute Gasteiger partial charge is 0.305 e. The van der Waals surface area contributed by atoms with E-state index in [9.17, 15) is 4.79 Å². The van der Waals surface area contributed by atoms with E-state index in [1.165, 1.54) is 0 Å². The van der Waals surface area contributed by atoms with Crippen molar-refractivity contribution in [1.29, 1.82) is 0 Å². The lowest BCUT2D eigenvalue weighted by molar-refractivity contribution is -0.152. The number of aliphatic hydroxyl groups excluding tert-OH is 1. The number of esters is 1. The SMILES string of the molecule is CCC(=O)OC(C)COC(C)COC(C)CO. The Morgan fingerprint density at radius 2 is 1.59 bits per heavy atom. The molecule has 0 radical (unpaired) electrons. The van der Waals surface area contributed by atoms with Crippen LogP contribution in [0, 0.1) is 0 Å². The third-order valence-electron chi connectivity index (χ3n) is 2.11. The Morgan fingerprint density at radius 3 is 2.12 bits per heavy atom. The fraction of sp³-hybridized carbons (Fsp3) is 0.917. The number of rotatable bonds is 9. The molecule has 0 spiro atoms. The van der Waals surface area contributed by atoms with Gasteiger partial charge in [-0.15, -0.1) is 0 Å². The molecule has 17 heavy (non-hydrogen) atoms. The van der Waals surface area contributed by atoms with Crippen LogP contribution in [0.2, 0.25) is 0 Å². The van der Waals surface area contributed by atoms with E-state index in [1.807, 2.05) is 6.92 Å². The van der Waals surface area contributed by atoms with Crippen LogP contribution in [0.15, 0.2) is 0 Å². The molecule has 0 aromatic heterocycles. The number of carbonyl (C=O) groups excluding carboxylic acids is 1. The van der Waals surface area contributed by atoms with E-state index >= 15 is 0 Å². The van der Waals surface area contributed by atoms with Crippen LogP contribution in [0.25, 0.3) is 0 Å². The summed E-state index contributed by atoms with van der Waals surface area (Å²) in [6.45, 7) is 7.97. The number of carbonyl (C=O) groups is 1. The van der Waals surface area contributed by atoms with Gasteiger partial charge >= 0.3 is 5.97 Å². The van der Waals surface area contributed by atoms with Crippen molar-refractivity contribution in [2.45, 2.75) is 52.4 Å². The van der Waals surface area contributed by atoms with Crippen LogP contribution < -0.4 is 0 Å². The van der Waals surface area contributed by atoms with Crippen LogP contribution in [0.3, 0.4) is 0 Å². The van der Waals surface area contributed by atoms with Crippen LogP contribution in [0.4, 0.5) is 0 Å². The third kappa shape index (κ3) is 9.09. The van der Waals surface area contributed by atoms with Crippen molar-refractivity contribution >= 4 is 5.97 Å². The van der Waals surface area contributed by atoms with E-state index < -0.39 is 0 Å². The standard InChI is InChI=1S/C12H24O5/c1-5-12(14)17-11(4)8-16-10(3)7-15-9(2)6-13/h9-11,13H,5-8H2,1-4H3. The first-order chi connectivity index (χ1) is 7.99. The molecule has 0 saturated carbocycles. The summed E-state index contributed by atoms with van der Waals surface area (Å²) >= 11 is 0. The van der Waals surface area contributed by atoms with Crippen molar-refractivity contribution < 1.29 is 24.1 Å². The van der Waals surface area contributed by atoms with E-state index in [2.05, 4.69) is 0 Å². The minimum atomic E-state index is -0.250. The molecule has 0 aliphatic heterocycles. The lowest BCUT2D eigenvalue weighted by atomic mass is 10.4. The summed E-state index contributed by atoms with van der Waals surface area (Å²) in [5, 5.41) is 8.77. The molecule has 102 valence electrons. The normalized spacial score (nSPS) is 16.3. The molecule has 5 nitrogen and oxygen atoms in total. The predicted molar refractivity (Wildman–Crippen MR) is 63.8 cm³/mol. The highest BCUT2D eigenvalue weighted by Crippen LogP contribution is 2.00. The Labute approximate surface area is 103 Å². The van der Waals surface area contributed by atoms with E-state index in [0.717, 1.165) is 0 Å². The van der Waals surface area contributed by atoms with Crippen LogP contribution in [-0.2, 0) is 19.0 Å². The maximum Gasteiger partial charge on any atom is 0.305 e. The van der Waals surface area contributed by atoms with Crippen molar-refractivity contribution in [3.05, 3.63) is 0 Å². The van der Waals surface area contributed by atoms with E-state index in [1.54, 1.807) is 20.8 Å². The van der Waals surface area contributed by atoms with Crippen molar-refractivity contribution in [2.24, 2.45) is 0 Å². The van der Waals surface area contributed by atoms with Gasteiger partial charge in [0.1, 0.15) is 6.10 Å². The zero-order valence-electron chi connectivity index (χ0n) is 11.1. The Morgan fingerprint density at radius 1 is 1.06 bits per heavy atom. The number of ether oxygens (including phenoxy) is 3. The average Bonchev–Trinajstić information content (AvgIpc) is 2.32. The molecule has 0 fully saturated rings. The fourth-order valence-electron chi connectivity index (χ4n) is 1.04. The Bertz CT molecular complexity index is 207. The highest BCUT2D eigenvalue weighted by Gasteiger charge is 2.11. The molecule has 3 unspecified atom stereocenters. The molecule has 0 bridgehead atoms. The predicted octanol–water partition coefficient (Wildman–Crippen LogP) is 1.13. The van der Waals surface area contributed by atoms with Gasteiger partial charge in [0.15, 0.2) is 0 Å². The summed E-state index contributed by atoms with van der Waals surface area (Å²) in [5.74, 6) is -0.223. The fourth-order valence-corrected chi connectivity index (χ4v) is 1.04. The topological polar surface area (TPSA) is 65.0 Å². The second kappa shape index (κ2) is 9.39. The van der Waals surface area contributed by atoms with Crippen molar-refractivity contribution in [3.8, 4) is 0 Å². The van der Waals surface area contributed by atoms with Gasteiger partial charge in [0.25, 0.3) is 0 Å². The van der Waals surface area contributed by atoms with Crippen LogP contribution >= 0.6 is 0 Å². The first-order valence-corrected chi connectivity index (χ1v) is 6.03. The Balaban J connectivity index is 3.61. The lowest BCUT2D eigenvalue weighted by Gasteiger charge is -2.19. The van der Waals surface area contributed by atoms with Crippen molar-refractivity contribution in [2.75, 3.05) is 19.8 Å². The molecular formula is C12H24O5. The van der Waals surface area contributed by atoms with Crippen LogP contribution in [-0.4, -0.2) is 49.2 Å². The summed E-state index contributed by atoms with van der Waals surface area (Å²) in [6, 6.07) is 0. The zero-order valence-corrected chi connectivity index (χ0v) is 11.1. The van der Waals surface area contributed by atoms with Gasteiger partial charge in [-0.25, -0.2) is 0 Å². The lowest BCUT2D eigenvalue weighted by Crippen LogP contribution is -2.27.